The zero-order valence-corrected chi connectivity index (χ0v) is 9.94. The Bertz CT molecular complexity index is 425. The van der Waals surface area contributed by atoms with Crippen molar-refractivity contribution in [2.45, 2.75) is 32.9 Å². The van der Waals surface area contributed by atoms with Crippen LogP contribution in [0.3, 0.4) is 0 Å². The number of amides is 1. The monoisotopic (exact) mass is 235 g/mol. The van der Waals surface area contributed by atoms with Crippen molar-refractivity contribution in [2.24, 2.45) is 0 Å². The molecule has 2 N–H and O–H groups in total. The summed E-state index contributed by atoms with van der Waals surface area (Å²) in [5, 5.41) is 18.2. The molecule has 0 saturated carbocycles. The fourth-order valence-electron chi connectivity index (χ4n) is 2.39. The molecule has 1 aromatic carbocycles. The molecule has 0 unspecified atom stereocenters. The van der Waals surface area contributed by atoms with Gasteiger partial charge in [-0.3, -0.25) is 0 Å². The summed E-state index contributed by atoms with van der Waals surface area (Å²) in [5.74, 6) is 0. The molecule has 1 aliphatic heterocycles. The maximum atomic E-state index is 11.0. The van der Waals surface area contributed by atoms with Crippen LogP contribution < -0.4 is 0 Å². The summed E-state index contributed by atoms with van der Waals surface area (Å²) in [7, 11) is 0. The van der Waals surface area contributed by atoms with Gasteiger partial charge in [-0.05, 0) is 35.1 Å². The van der Waals surface area contributed by atoms with Crippen LogP contribution in [0.2, 0.25) is 0 Å². The Morgan fingerprint density at radius 1 is 1.47 bits per heavy atom. The van der Waals surface area contributed by atoms with Crippen molar-refractivity contribution in [2.75, 3.05) is 6.54 Å². The third kappa shape index (κ3) is 2.26. The van der Waals surface area contributed by atoms with E-state index in [4.69, 9.17) is 5.11 Å². The summed E-state index contributed by atoms with van der Waals surface area (Å²) in [6.45, 7) is 3.11. The first-order valence-electron chi connectivity index (χ1n) is 5.88. The lowest BCUT2D eigenvalue weighted by Gasteiger charge is -2.28. The van der Waals surface area contributed by atoms with Crippen molar-refractivity contribution >= 4 is 6.09 Å². The Kier molecular flexibility index (Phi) is 3.33. The normalized spacial score (nSPS) is 14.6. The highest BCUT2D eigenvalue weighted by Gasteiger charge is 2.22. The summed E-state index contributed by atoms with van der Waals surface area (Å²) in [6.07, 6.45) is 0.746. The second-order valence-electron chi connectivity index (χ2n) is 4.36. The number of hydrogen-bond donors (Lipinski definition) is 2. The van der Waals surface area contributed by atoms with Crippen molar-refractivity contribution in [1.29, 1.82) is 0 Å². The molecule has 0 aromatic heterocycles. The average molecular weight is 235 g/mol. The van der Waals surface area contributed by atoms with Gasteiger partial charge in [-0.1, -0.05) is 19.1 Å². The Balaban J connectivity index is 2.39. The van der Waals surface area contributed by atoms with Crippen LogP contribution in [0.4, 0.5) is 4.79 Å². The fraction of sp³-hybridized carbons (Fsp3) is 0.462. The summed E-state index contributed by atoms with van der Waals surface area (Å²) in [6, 6.07) is 3.97. The number of fused-ring (bicyclic) bond motifs is 1. The zero-order valence-electron chi connectivity index (χ0n) is 9.94. The number of carbonyl (C=O) groups is 1. The summed E-state index contributed by atoms with van der Waals surface area (Å²) >= 11 is 0. The molecule has 0 bridgehead atoms. The molecule has 0 radical (unpaired) electrons. The first kappa shape index (κ1) is 11.9. The molecule has 1 amide bonds. The molecule has 2 rings (SSSR count). The van der Waals surface area contributed by atoms with Crippen LogP contribution in [0.5, 0.6) is 0 Å². The second-order valence-corrected chi connectivity index (χ2v) is 4.36. The number of aliphatic hydroxyl groups excluding tert-OH is 1. The number of aryl methyl sites for hydroxylation is 1. The number of rotatable bonds is 2. The van der Waals surface area contributed by atoms with E-state index in [1.165, 1.54) is 10.5 Å². The number of benzene rings is 1. The van der Waals surface area contributed by atoms with Crippen LogP contribution in [0.1, 0.15) is 29.2 Å². The van der Waals surface area contributed by atoms with Gasteiger partial charge in [0.2, 0.25) is 0 Å². The number of aliphatic hydroxyl groups is 1. The van der Waals surface area contributed by atoms with Gasteiger partial charge in [0, 0.05) is 13.1 Å². The third-order valence-electron chi connectivity index (χ3n) is 3.33. The lowest BCUT2D eigenvalue weighted by atomic mass is 9.91. The van der Waals surface area contributed by atoms with E-state index in [1.807, 2.05) is 12.1 Å². The van der Waals surface area contributed by atoms with E-state index in [1.54, 1.807) is 0 Å². The van der Waals surface area contributed by atoms with Crippen molar-refractivity contribution in [3.05, 3.63) is 34.4 Å². The Morgan fingerprint density at radius 3 is 2.82 bits per heavy atom. The molecule has 4 heteroatoms. The predicted octanol–water partition coefficient (Wildman–Crippen LogP) is 1.78. The molecule has 0 fully saturated rings. The van der Waals surface area contributed by atoms with Gasteiger partial charge >= 0.3 is 6.09 Å². The van der Waals surface area contributed by atoms with Crippen molar-refractivity contribution in [3.8, 4) is 0 Å². The molecule has 0 aliphatic carbocycles. The maximum Gasteiger partial charge on any atom is 0.407 e. The molecular weight excluding hydrogens is 218 g/mol. The van der Waals surface area contributed by atoms with Crippen LogP contribution in [0.25, 0.3) is 0 Å². The molecule has 1 heterocycles. The quantitative estimate of drug-likeness (QED) is 0.821. The second kappa shape index (κ2) is 4.75. The summed E-state index contributed by atoms with van der Waals surface area (Å²) in [4.78, 5) is 12.4. The van der Waals surface area contributed by atoms with Gasteiger partial charge < -0.3 is 15.1 Å². The molecule has 1 aromatic rings. The standard InChI is InChI=1S/C13H17NO3/c1-2-10-5-9(8-15)6-11-3-4-14(13(16)17)7-12(10)11/h5-6,15H,2-4,7-8H2,1H3,(H,16,17). The first-order valence-corrected chi connectivity index (χ1v) is 5.88. The highest BCUT2D eigenvalue weighted by atomic mass is 16.4. The van der Waals surface area contributed by atoms with Gasteiger partial charge in [-0.15, -0.1) is 0 Å². The van der Waals surface area contributed by atoms with E-state index in [2.05, 4.69) is 6.92 Å². The van der Waals surface area contributed by atoms with E-state index in [-0.39, 0.29) is 6.61 Å². The highest BCUT2D eigenvalue weighted by molar-refractivity contribution is 5.65. The predicted molar refractivity (Wildman–Crippen MR) is 63.9 cm³/mol. The van der Waals surface area contributed by atoms with Crippen LogP contribution in [-0.4, -0.2) is 27.8 Å². The molecular formula is C13H17NO3. The van der Waals surface area contributed by atoms with E-state index >= 15 is 0 Å². The minimum atomic E-state index is -0.857. The van der Waals surface area contributed by atoms with Crippen molar-refractivity contribution in [3.63, 3.8) is 0 Å². The molecule has 0 saturated heterocycles. The van der Waals surface area contributed by atoms with Gasteiger partial charge in [-0.2, -0.15) is 0 Å². The van der Waals surface area contributed by atoms with Crippen molar-refractivity contribution < 1.29 is 15.0 Å². The first-order chi connectivity index (χ1) is 8.15. The van der Waals surface area contributed by atoms with E-state index in [0.717, 1.165) is 29.5 Å². The lowest BCUT2D eigenvalue weighted by Crippen LogP contribution is -2.35. The van der Waals surface area contributed by atoms with Crippen LogP contribution in [0, 0.1) is 0 Å². The number of carboxylic acid groups (broad SMARTS) is 1. The summed E-state index contributed by atoms with van der Waals surface area (Å²) in [5.41, 5.74) is 4.38. The number of hydrogen-bond acceptors (Lipinski definition) is 2. The SMILES string of the molecule is CCc1cc(CO)cc2c1CN(C(=O)O)CC2. The molecule has 0 spiro atoms. The van der Waals surface area contributed by atoms with Gasteiger partial charge in [0.05, 0.1) is 6.61 Å². The molecule has 92 valence electrons. The molecule has 4 nitrogen and oxygen atoms in total. The van der Waals surface area contributed by atoms with Crippen LogP contribution >= 0.6 is 0 Å². The van der Waals surface area contributed by atoms with E-state index < -0.39 is 6.09 Å². The van der Waals surface area contributed by atoms with Crippen molar-refractivity contribution in [1.82, 2.24) is 4.90 Å². The highest BCUT2D eigenvalue weighted by Crippen LogP contribution is 2.25. The average Bonchev–Trinajstić information content (AvgIpc) is 2.36. The molecule has 0 atom stereocenters. The Labute approximate surface area is 100 Å². The van der Waals surface area contributed by atoms with Crippen LogP contribution in [0.15, 0.2) is 12.1 Å². The summed E-state index contributed by atoms with van der Waals surface area (Å²) < 4.78 is 0. The smallest absolute Gasteiger partial charge is 0.407 e. The van der Waals surface area contributed by atoms with Crippen LogP contribution in [-0.2, 0) is 26.0 Å². The van der Waals surface area contributed by atoms with E-state index in [9.17, 15) is 9.90 Å². The largest absolute Gasteiger partial charge is 0.465 e. The Hall–Kier alpha value is -1.55. The van der Waals surface area contributed by atoms with E-state index in [0.29, 0.717) is 13.1 Å². The zero-order chi connectivity index (χ0) is 12.4. The minimum Gasteiger partial charge on any atom is -0.465 e. The molecule has 1 aliphatic rings. The Morgan fingerprint density at radius 2 is 2.24 bits per heavy atom. The minimum absolute atomic E-state index is 0.0446. The maximum absolute atomic E-state index is 11.0. The lowest BCUT2D eigenvalue weighted by molar-refractivity contribution is 0.139. The number of nitrogens with zero attached hydrogens (tertiary/aromatic N) is 1. The molecule has 17 heavy (non-hydrogen) atoms. The van der Waals surface area contributed by atoms with Gasteiger partial charge in [-0.25, -0.2) is 4.79 Å². The van der Waals surface area contributed by atoms with Gasteiger partial charge in [0.25, 0.3) is 0 Å². The fourth-order valence-corrected chi connectivity index (χ4v) is 2.39. The van der Waals surface area contributed by atoms with Gasteiger partial charge in [0.1, 0.15) is 0 Å². The topological polar surface area (TPSA) is 60.8 Å². The van der Waals surface area contributed by atoms with Gasteiger partial charge in [0.15, 0.2) is 0 Å². The third-order valence-corrected chi connectivity index (χ3v) is 3.33.